The van der Waals surface area contributed by atoms with Gasteiger partial charge in [0.05, 0.1) is 31.9 Å². The topological polar surface area (TPSA) is 73.9 Å². The minimum atomic E-state index is -3.68. The fraction of sp³-hybridized carbons (Fsp3) is 0.200. The Morgan fingerprint density at radius 3 is 1.86 bits per heavy atom. The second-order valence-electron chi connectivity index (χ2n) is 4.33. The summed E-state index contributed by atoms with van der Waals surface area (Å²) in [5.74, 6) is 1.13. The van der Waals surface area contributed by atoms with Crippen molar-refractivity contribution in [1.29, 1.82) is 0 Å². The van der Waals surface area contributed by atoms with E-state index in [2.05, 4.69) is 4.72 Å². The second-order valence-corrected chi connectivity index (χ2v) is 6.01. The van der Waals surface area contributed by atoms with Crippen molar-refractivity contribution in [3.63, 3.8) is 0 Å². The maximum absolute atomic E-state index is 12.3. The number of hydrogen-bond acceptors (Lipinski definition) is 5. The molecular formula is C15H17NO5S. The highest BCUT2D eigenvalue weighted by molar-refractivity contribution is 7.92. The van der Waals surface area contributed by atoms with Gasteiger partial charge in [0.1, 0.15) is 0 Å². The second kappa shape index (κ2) is 6.57. The molecule has 0 aliphatic carbocycles. The van der Waals surface area contributed by atoms with Gasteiger partial charge in [0.2, 0.25) is 5.75 Å². The molecule has 0 amide bonds. The number of sulfonamides is 1. The highest BCUT2D eigenvalue weighted by atomic mass is 32.2. The van der Waals surface area contributed by atoms with Crippen molar-refractivity contribution in [3.8, 4) is 17.2 Å². The van der Waals surface area contributed by atoms with Crippen LogP contribution in [0.2, 0.25) is 0 Å². The molecule has 2 aromatic carbocycles. The van der Waals surface area contributed by atoms with E-state index in [4.69, 9.17) is 14.2 Å². The van der Waals surface area contributed by atoms with E-state index in [9.17, 15) is 8.42 Å². The minimum absolute atomic E-state index is 0.170. The van der Waals surface area contributed by atoms with Crippen LogP contribution in [0.25, 0.3) is 0 Å². The van der Waals surface area contributed by atoms with Gasteiger partial charge in [0.25, 0.3) is 10.0 Å². The van der Waals surface area contributed by atoms with Gasteiger partial charge in [-0.2, -0.15) is 0 Å². The number of rotatable bonds is 6. The van der Waals surface area contributed by atoms with Crippen molar-refractivity contribution >= 4 is 15.7 Å². The van der Waals surface area contributed by atoms with Crippen molar-refractivity contribution in [2.45, 2.75) is 4.90 Å². The van der Waals surface area contributed by atoms with E-state index in [0.29, 0.717) is 22.9 Å². The highest BCUT2D eigenvalue weighted by Gasteiger charge is 2.18. The van der Waals surface area contributed by atoms with E-state index in [-0.39, 0.29) is 4.90 Å². The average molecular weight is 323 g/mol. The fourth-order valence-electron chi connectivity index (χ4n) is 1.95. The predicted molar refractivity (Wildman–Crippen MR) is 83.3 cm³/mol. The van der Waals surface area contributed by atoms with E-state index >= 15 is 0 Å². The van der Waals surface area contributed by atoms with Crippen LogP contribution in [0, 0.1) is 0 Å². The number of hydrogen-bond donors (Lipinski definition) is 1. The van der Waals surface area contributed by atoms with Crippen LogP contribution in [0.4, 0.5) is 5.69 Å². The Hall–Kier alpha value is -2.41. The molecule has 0 aromatic heterocycles. The molecule has 7 heteroatoms. The van der Waals surface area contributed by atoms with Gasteiger partial charge in [0, 0.05) is 12.1 Å². The first kappa shape index (κ1) is 16.0. The first-order valence-electron chi connectivity index (χ1n) is 6.39. The Kier molecular flexibility index (Phi) is 4.77. The molecule has 6 nitrogen and oxygen atoms in total. The summed E-state index contributed by atoms with van der Waals surface area (Å²) >= 11 is 0. The van der Waals surface area contributed by atoms with E-state index < -0.39 is 10.0 Å². The van der Waals surface area contributed by atoms with Gasteiger partial charge in [-0.25, -0.2) is 8.42 Å². The molecule has 22 heavy (non-hydrogen) atoms. The lowest BCUT2D eigenvalue weighted by Gasteiger charge is -2.15. The van der Waals surface area contributed by atoms with Gasteiger partial charge in [-0.1, -0.05) is 18.2 Å². The first-order chi connectivity index (χ1) is 10.5. The Morgan fingerprint density at radius 2 is 1.41 bits per heavy atom. The smallest absolute Gasteiger partial charge is 0.261 e. The Bertz CT molecular complexity index is 719. The lowest BCUT2D eigenvalue weighted by molar-refractivity contribution is 0.325. The quantitative estimate of drug-likeness (QED) is 0.884. The van der Waals surface area contributed by atoms with E-state index in [1.54, 1.807) is 18.2 Å². The van der Waals surface area contributed by atoms with Crippen LogP contribution in [-0.2, 0) is 10.0 Å². The average Bonchev–Trinajstić information content (AvgIpc) is 2.54. The van der Waals surface area contributed by atoms with Crippen molar-refractivity contribution in [3.05, 3.63) is 42.5 Å². The Morgan fingerprint density at radius 1 is 0.864 bits per heavy atom. The molecule has 0 spiro atoms. The van der Waals surface area contributed by atoms with Gasteiger partial charge in [-0.15, -0.1) is 0 Å². The van der Waals surface area contributed by atoms with Crippen LogP contribution in [-0.4, -0.2) is 29.7 Å². The molecule has 118 valence electrons. The third kappa shape index (κ3) is 3.25. The molecule has 0 saturated heterocycles. The maximum Gasteiger partial charge on any atom is 0.261 e. The zero-order chi connectivity index (χ0) is 16.2. The summed E-state index contributed by atoms with van der Waals surface area (Å²) in [7, 11) is 0.726. The van der Waals surface area contributed by atoms with Crippen molar-refractivity contribution in [1.82, 2.24) is 0 Å². The van der Waals surface area contributed by atoms with E-state index in [0.717, 1.165) is 0 Å². The summed E-state index contributed by atoms with van der Waals surface area (Å²) in [5.41, 5.74) is 0.318. The zero-order valence-corrected chi connectivity index (χ0v) is 13.3. The molecule has 0 fully saturated rings. The van der Waals surface area contributed by atoms with E-state index in [1.807, 2.05) is 0 Å². The molecule has 2 rings (SSSR count). The van der Waals surface area contributed by atoms with Crippen LogP contribution in [0.3, 0.4) is 0 Å². The number of ether oxygens (including phenoxy) is 3. The largest absolute Gasteiger partial charge is 0.493 e. The zero-order valence-electron chi connectivity index (χ0n) is 12.5. The van der Waals surface area contributed by atoms with Crippen molar-refractivity contribution < 1.29 is 22.6 Å². The molecule has 0 atom stereocenters. The van der Waals surface area contributed by atoms with Gasteiger partial charge in [0.15, 0.2) is 11.5 Å². The molecule has 0 unspecified atom stereocenters. The van der Waals surface area contributed by atoms with Crippen LogP contribution < -0.4 is 18.9 Å². The van der Waals surface area contributed by atoms with Crippen molar-refractivity contribution in [2.24, 2.45) is 0 Å². The number of nitrogens with one attached hydrogen (secondary N) is 1. The third-order valence-corrected chi connectivity index (χ3v) is 4.37. The Balaban J connectivity index is 2.42. The summed E-state index contributed by atoms with van der Waals surface area (Å²) in [6.45, 7) is 0. The summed E-state index contributed by atoms with van der Waals surface area (Å²) in [5, 5.41) is 0. The normalized spacial score (nSPS) is 10.9. The molecule has 0 aliphatic heterocycles. The number of methoxy groups -OCH3 is 3. The molecule has 2 aromatic rings. The highest BCUT2D eigenvalue weighted by Crippen LogP contribution is 2.40. The summed E-state index contributed by atoms with van der Waals surface area (Å²) in [6.07, 6.45) is 0. The SMILES string of the molecule is COc1cc(NS(=O)(=O)c2ccccc2)cc(OC)c1OC. The van der Waals surface area contributed by atoms with Gasteiger partial charge in [-0.05, 0) is 12.1 Å². The van der Waals surface area contributed by atoms with Crippen LogP contribution in [0.1, 0.15) is 0 Å². The van der Waals surface area contributed by atoms with Crippen LogP contribution in [0.5, 0.6) is 17.2 Å². The van der Waals surface area contributed by atoms with Gasteiger partial charge >= 0.3 is 0 Å². The Labute approximate surface area is 129 Å². The molecule has 0 saturated carbocycles. The molecule has 0 aliphatic rings. The van der Waals surface area contributed by atoms with Gasteiger partial charge in [-0.3, -0.25) is 4.72 Å². The first-order valence-corrected chi connectivity index (χ1v) is 7.88. The standard InChI is InChI=1S/C15H17NO5S/c1-19-13-9-11(10-14(20-2)15(13)21-3)16-22(17,18)12-7-5-4-6-8-12/h4-10,16H,1-3H3. The maximum atomic E-state index is 12.3. The van der Waals surface area contributed by atoms with Crippen LogP contribution in [0.15, 0.2) is 47.4 Å². The minimum Gasteiger partial charge on any atom is -0.493 e. The molecule has 0 bridgehead atoms. The number of benzene rings is 2. The lowest BCUT2D eigenvalue weighted by atomic mass is 10.2. The number of anilines is 1. The van der Waals surface area contributed by atoms with E-state index in [1.165, 1.54) is 45.6 Å². The predicted octanol–water partition coefficient (Wildman–Crippen LogP) is 2.51. The summed E-state index contributed by atoms with van der Waals surface area (Å²) in [6, 6.07) is 11.1. The lowest BCUT2D eigenvalue weighted by Crippen LogP contribution is -2.13. The summed E-state index contributed by atoms with van der Waals surface area (Å²) in [4.78, 5) is 0.170. The third-order valence-electron chi connectivity index (χ3n) is 2.97. The van der Waals surface area contributed by atoms with Crippen molar-refractivity contribution in [2.75, 3.05) is 26.1 Å². The fourth-order valence-corrected chi connectivity index (χ4v) is 3.02. The molecule has 1 N–H and O–H groups in total. The van der Waals surface area contributed by atoms with Gasteiger partial charge < -0.3 is 14.2 Å². The molecular weight excluding hydrogens is 306 g/mol. The molecule has 0 heterocycles. The monoisotopic (exact) mass is 323 g/mol. The van der Waals surface area contributed by atoms with Crippen LogP contribution >= 0.6 is 0 Å². The summed E-state index contributed by atoms with van der Waals surface area (Å²) < 4.78 is 42.8. The molecule has 0 radical (unpaired) electrons.